The molecular formula is C17H18N2O3. The molecule has 114 valence electrons. The Labute approximate surface area is 129 Å². The SMILES string of the molecule is CC(C)Oc1cccc(/C=N\NC(=O)c2ccccc2O)c1. The number of hydrogen-bond donors (Lipinski definition) is 2. The summed E-state index contributed by atoms with van der Waals surface area (Å²) in [7, 11) is 0. The van der Waals surface area contributed by atoms with E-state index < -0.39 is 5.91 Å². The van der Waals surface area contributed by atoms with Crippen LogP contribution in [0.5, 0.6) is 11.5 Å². The summed E-state index contributed by atoms with van der Waals surface area (Å²) in [6.07, 6.45) is 1.61. The third-order valence-electron chi connectivity index (χ3n) is 2.76. The van der Waals surface area contributed by atoms with Crippen LogP contribution in [0.2, 0.25) is 0 Å². The first kappa shape index (κ1) is 15.6. The molecule has 0 saturated carbocycles. The molecule has 0 bridgehead atoms. The Bertz CT molecular complexity index is 681. The number of benzene rings is 2. The van der Waals surface area contributed by atoms with Crippen LogP contribution >= 0.6 is 0 Å². The van der Waals surface area contributed by atoms with Crippen LogP contribution in [0, 0.1) is 0 Å². The van der Waals surface area contributed by atoms with Gasteiger partial charge in [0.05, 0.1) is 17.9 Å². The Balaban J connectivity index is 2.01. The number of nitrogens with one attached hydrogen (secondary N) is 1. The highest BCUT2D eigenvalue weighted by molar-refractivity contribution is 5.97. The minimum atomic E-state index is -0.469. The average Bonchev–Trinajstić information content (AvgIpc) is 2.47. The first-order valence-corrected chi connectivity index (χ1v) is 6.94. The van der Waals surface area contributed by atoms with Gasteiger partial charge in [0.2, 0.25) is 0 Å². The molecule has 5 nitrogen and oxygen atoms in total. The molecule has 0 spiro atoms. The second kappa shape index (κ2) is 7.26. The Morgan fingerprint density at radius 2 is 2.00 bits per heavy atom. The number of rotatable bonds is 5. The maximum absolute atomic E-state index is 11.9. The van der Waals surface area contributed by atoms with Gasteiger partial charge in [-0.3, -0.25) is 4.79 Å². The first-order valence-electron chi connectivity index (χ1n) is 6.94. The molecule has 2 rings (SSSR count). The number of phenolic OH excluding ortho intramolecular Hbond substituents is 1. The number of phenols is 1. The lowest BCUT2D eigenvalue weighted by atomic mass is 10.2. The summed E-state index contributed by atoms with van der Waals surface area (Å²) in [4.78, 5) is 11.9. The van der Waals surface area contributed by atoms with Gasteiger partial charge >= 0.3 is 0 Å². The molecule has 1 amide bonds. The van der Waals surface area contributed by atoms with Gasteiger partial charge in [-0.05, 0) is 43.7 Å². The van der Waals surface area contributed by atoms with Crippen LogP contribution in [-0.4, -0.2) is 23.3 Å². The highest BCUT2D eigenvalue weighted by Crippen LogP contribution is 2.15. The quantitative estimate of drug-likeness (QED) is 0.658. The van der Waals surface area contributed by atoms with E-state index in [0.29, 0.717) is 0 Å². The highest BCUT2D eigenvalue weighted by atomic mass is 16.5. The lowest BCUT2D eigenvalue weighted by molar-refractivity contribution is 0.0952. The predicted octanol–water partition coefficient (Wildman–Crippen LogP) is 2.94. The molecule has 2 aromatic carbocycles. The van der Waals surface area contributed by atoms with E-state index in [4.69, 9.17) is 4.74 Å². The first-order chi connectivity index (χ1) is 10.6. The second-order valence-corrected chi connectivity index (χ2v) is 4.96. The van der Waals surface area contributed by atoms with E-state index >= 15 is 0 Å². The highest BCUT2D eigenvalue weighted by Gasteiger charge is 2.08. The van der Waals surface area contributed by atoms with Gasteiger partial charge in [-0.25, -0.2) is 5.43 Å². The van der Waals surface area contributed by atoms with Gasteiger partial charge in [-0.15, -0.1) is 0 Å². The van der Waals surface area contributed by atoms with Gasteiger partial charge in [0.25, 0.3) is 5.91 Å². The molecule has 2 aromatic rings. The molecule has 0 unspecified atom stereocenters. The zero-order valence-corrected chi connectivity index (χ0v) is 12.5. The average molecular weight is 298 g/mol. The van der Waals surface area contributed by atoms with E-state index in [-0.39, 0.29) is 17.4 Å². The van der Waals surface area contributed by atoms with E-state index in [0.717, 1.165) is 11.3 Å². The fourth-order valence-electron chi connectivity index (χ4n) is 1.83. The van der Waals surface area contributed by atoms with Crippen LogP contribution in [0.3, 0.4) is 0 Å². The normalized spacial score (nSPS) is 10.9. The van der Waals surface area contributed by atoms with Crippen LogP contribution < -0.4 is 10.2 Å². The van der Waals surface area contributed by atoms with Crippen molar-refractivity contribution in [2.75, 3.05) is 0 Å². The van der Waals surface area contributed by atoms with Crippen molar-refractivity contribution in [2.24, 2.45) is 5.10 Å². The van der Waals surface area contributed by atoms with Crippen molar-refractivity contribution in [1.29, 1.82) is 0 Å². The summed E-state index contributed by atoms with van der Waals surface area (Å²) < 4.78 is 5.59. The van der Waals surface area contributed by atoms with Crippen LogP contribution in [0.15, 0.2) is 53.6 Å². The number of amides is 1. The maximum atomic E-state index is 11.9. The molecule has 0 fully saturated rings. The molecule has 2 N–H and O–H groups in total. The van der Waals surface area contributed by atoms with Gasteiger partial charge < -0.3 is 9.84 Å². The zero-order valence-electron chi connectivity index (χ0n) is 12.5. The van der Waals surface area contributed by atoms with Crippen molar-refractivity contribution < 1.29 is 14.6 Å². The van der Waals surface area contributed by atoms with Crippen molar-refractivity contribution in [1.82, 2.24) is 5.43 Å². The molecule has 0 aliphatic heterocycles. The lowest BCUT2D eigenvalue weighted by Gasteiger charge is -2.09. The van der Waals surface area contributed by atoms with Gasteiger partial charge in [-0.2, -0.15) is 5.10 Å². The Kier molecular flexibility index (Phi) is 5.14. The van der Waals surface area contributed by atoms with Gasteiger partial charge in [0.15, 0.2) is 0 Å². The number of para-hydroxylation sites is 1. The summed E-state index contributed by atoms with van der Waals surface area (Å²) in [5.41, 5.74) is 3.36. The third kappa shape index (κ3) is 4.34. The van der Waals surface area contributed by atoms with Crippen molar-refractivity contribution in [3.05, 3.63) is 59.7 Å². The number of nitrogens with zero attached hydrogens (tertiary/aromatic N) is 1. The van der Waals surface area contributed by atoms with E-state index in [1.165, 1.54) is 18.3 Å². The monoisotopic (exact) mass is 298 g/mol. The summed E-state index contributed by atoms with van der Waals surface area (Å²) in [6.45, 7) is 3.90. The Morgan fingerprint density at radius 3 is 2.73 bits per heavy atom. The van der Waals surface area contributed by atoms with Gasteiger partial charge in [0.1, 0.15) is 11.5 Å². The van der Waals surface area contributed by atoms with E-state index in [2.05, 4.69) is 10.5 Å². The molecule has 0 aromatic heterocycles. The van der Waals surface area contributed by atoms with Crippen LogP contribution in [-0.2, 0) is 0 Å². The number of carbonyl (C=O) groups is 1. The number of hydrogen-bond acceptors (Lipinski definition) is 4. The summed E-state index contributed by atoms with van der Waals surface area (Å²) in [6, 6.07) is 13.7. The molecule has 0 heterocycles. The Morgan fingerprint density at radius 1 is 1.23 bits per heavy atom. The number of hydrazone groups is 1. The van der Waals surface area contributed by atoms with Crippen LogP contribution in [0.25, 0.3) is 0 Å². The van der Waals surface area contributed by atoms with E-state index in [9.17, 15) is 9.90 Å². The topological polar surface area (TPSA) is 70.9 Å². The van der Waals surface area contributed by atoms with Crippen molar-refractivity contribution in [2.45, 2.75) is 20.0 Å². The summed E-state index contributed by atoms with van der Waals surface area (Å²) >= 11 is 0. The van der Waals surface area contributed by atoms with Gasteiger partial charge in [-0.1, -0.05) is 24.3 Å². The molecule has 0 saturated heterocycles. The van der Waals surface area contributed by atoms with Crippen LogP contribution in [0.4, 0.5) is 0 Å². The molecule has 5 heteroatoms. The molecule has 0 atom stereocenters. The third-order valence-corrected chi connectivity index (χ3v) is 2.76. The number of carbonyl (C=O) groups excluding carboxylic acids is 1. The fraction of sp³-hybridized carbons (Fsp3) is 0.176. The van der Waals surface area contributed by atoms with Crippen molar-refractivity contribution in [3.8, 4) is 11.5 Å². The number of ether oxygens (including phenoxy) is 1. The predicted molar refractivity (Wildman–Crippen MR) is 85.4 cm³/mol. The van der Waals surface area contributed by atoms with E-state index in [1.807, 2.05) is 38.1 Å². The zero-order chi connectivity index (χ0) is 15.9. The van der Waals surface area contributed by atoms with Gasteiger partial charge in [0, 0.05) is 0 Å². The fourth-order valence-corrected chi connectivity index (χ4v) is 1.83. The minimum Gasteiger partial charge on any atom is -0.507 e. The van der Waals surface area contributed by atoms with E-state index in [1.54, 1.807) is 12.1 Å². The number of aromatic hydroxyl groups is 1. The molecule has 0 aliphatic carbocycles. The smallest absolute Gasteiger partial charge is 0.275 e. The van der Waals surface area contributed by atoms with Crippen molar-refractivity contribution >= 4 is 12.1 Å². The summed E-state index contributed by atoms with van der Waals surface area (Å²) in [5.74, 6) is 0.192. The summed E-state index contributed by atoms with van der Waals surface area (Å²) in [5, 5.41) is 13.5. The lowest BCUT2D eigenvalue weighted by Crippen LogP contribution is -2.17. The standard InChI is InChI=1S/C17H18N2O3/c1-12(2)22-14-7-5-6-13(10-14)11-18-19-17(21)15-8-3-4-9-16(15)20/h3-12,20H,1-2H3,(H,19,21)/b18-11-. The molecule has 22 heavy (non-hydrogen) atoms. The second-order valence-electron chi connectivity index (χ2n) is 4.96. The minimum absolute atomic E-state index is 0.0810. The molecular weight excluding hydrogens is 280 g/mol. The van der Waals surface area contributed by atoms with Crippen molar-refractivity contribution in [3.63, 3.8) is 0 Å². The largest absolute Gasteiger partial charge is 0.507 e. The van der Waals surface area contributed by atoms with Crippen LogP contribution in [0.1, 0.15) is 29.8 Å². The molecule has 0 radical (unpaired) electrons. The molecule has 0 aliphatic rings. The Hall–Kier alpha value is -2.82. The maximum Gasteiger partial charge on any atom is 0.275 e.